The van der Waals surface area contributed by atoms with Gasteiger partial charge in [-0.25, -0.2) is 0 Å². The number of benzene rings is 1. The van der Waals surface area contributed by atoms with Crippen molar-refractivity contribution in [1.82, 2.24) is 10.6 Å². The summed E-state index contributed by atoms with van der Waals surface area (Å²) in [6.45, 7) is 3.98. The molecule has 4 atom stereocenters. The first kappa shape index (κ1) is 15.5. The highest BCUT2D eigenvalue weighted by Gasteiger charge is 2.57. The Morgan fingerprint density at radius 1 is 1.33 bits per heavy atom. The van der Waals surface area contributed by atoms with Crippen molar-refractivity contribution in [2.45, 2.75) is 51.3 Å². The molecule has 3 aliphatic carbocycles. The number of amides is 2. The van der Waals surface area contributed by atoms with Gasteiger partial charge in [0.25, 0.3) is 5.91 Å². The zero-order valence-corrected chi connectivity index (χ0v) is 14.2. The van der Waals surface area contributed by atoms with Crippen LogP contribution in [0.3, 0.4) is 0 Å². The van der Waals surface area contributed by atoms with E-state index in [1.165, 1.54) is 0 Å². The summed E-state index contributed by atoms with van der Waals surface area (Å²) < 4.78 is 6.31. The highest BCUT2D eigenvalue weighted by atomic mass is 16.5. The number of hydrogen-bond donors (Lipinski definition) is 2. The van der Waals surface area contributed by atoms with Crippen LogP contribution in [0.5, 0.6) is 5.75 Å². The van der Waals surface area contributed by atoms with Crippen LogP contribution in [0.2, 0.25) is 0 Å². The molecule has 4 aliphatic rings. The molecule has 3 fully saturated rings. The molecule has 128 valence electrons. The van der Waals surface area contributed by atoms with E-state index in [0.29, 0.717) is 17.7 Å². The van der Waals surface area contributed by atoms with Gasteiger partial charge in [0.05, 0.1) is 5.56 Å². The molecule has 1 heterocycles. The van der Waals surface area contributed by atoms with E-state index in [2.05, 4.69) is 10.6 Å². The third kappa shape index (κ3) is 2.38. The van der Waals surface area contributed by atoms with E-state index in [1.54, 1.807) is 6.07 Å². The van der Waals surface area contributed by atoms with Crippen LogP contribution in [0, 0.1) is 17.8 Å². The van der Waals surface area contributed by atoms with Crippen molar-refractivity contribution < 1.29 is 14.3 Å². The van der Waals surface area contributed by atoms with Gasteiger partial charge in [-0.2, -0.15) is 0 Å². The summed E-state index contributed by atoms with van der Waals surface area (Å²) in [5, 5.41) is 6.17. The number of nitrogens with one attached hydrogen (secondary N) is 2. The SMILES string of the molecule is CC(C)NC(=O)[C@H]1C[C@H]2CC[C@H]1C[C@@]21NC(=O)c2ccccc2O1. The first-order valence-electron chi connectivity index (χ1n) is 8.89. The van der Waals surface area contributed by atoms with E-state index in [1.807, 2.05) is 32.0 Å². The molecule has 0 radical (unpaired) electrons. The zero-order valence-electron chi connectivity index (χ0n) is 14.2. The lowest BCUT2D eigenvalue weighted by molar-refractivity contribution is -0.147. The van der Waals surface area contributed by atoms with Gasteiger partial charge in [0.15, 0.2) is 5.72 Å². The lowest BCUT2D eigenvalue weighted by Gasteiger charge is -2.55. The molecule has 1 aromatic carbocycles. The van der Waals surface area contributed by atoms with Crippen LogP contribution < -0.4 is 15.4 Å². The molecule has 5 heteroatoms. The summed E-state index contributed by atoms with van der Waals surface area (Å²) in [5.41, 5.74) is -0.0400. The standard InChI is InChI=1S/C19H24N2O3/c1-11(2)20-17(22)15-9-13-8-7-12(15)10-19(13)21-18(23)14-5-3-4-6-16(14)24-19/h3-6,11-13,15H,7-10H2,1-2H3,(H,20,22)(H,21,23)/t12-,13+,15-,19-/m0/s1. The molecule has 5 rings (SSSR count). The predicted molar refractivity (Wildman–Crippen MR) is 89.5 cm³/mol. The Balaban J connectivity index is 1.58. The Hall–Kier alpha value is -2.04. The van der Waals surface area contributed by atoms with Gasteiger partial charge in [0, 0.05) is 24.3 Å². The van der Waals surface area contributed by atoms with Crippen LogP contribution in [-0.4, -0.2) is 23.6 Å². The van der Waals surface area contributed by atoms with Crippen molar-refractivity contribution in [3.63, 3.8) is 0 Å². The summed E-state index contributed by atoms with van der Waals surface area (Å²) in [5.74, 6) is 1.23. The number of ether oxygens (including phenoxy) is 1. The van der Waals surface area contributed by atoms with Crippen LogP contribution >= 0.6 is 0 Å². The van der Waals surface area contributed by atoms with Crippen LogP contribution in [0.25, 0.3) is 0 Å². The molecule has 2 amide bonds. The molecule has 0 aromatic heterocycles. The predicted octanol–water partition coefficient (Wildman–Crippen LogP) is 2.47. The minimum absolute atomic E-state index is 0.0365. The van der Waals surface area contributed by atoms with Gasteiger partial charge >= 0.3 is 0 Å². The summed E-state index contributed by atoms with van der Waals surface area (Å²) in [4.78, 5) is 25.0. The fourth-order valence-electron chi connectivity index (χ4n) is 4.67. The molecule has 2 N–H and O–H groups in total. The van der Waals surface area contributed by atoms with Crippen LogP contribution in [0.15, 0.2) is 24.3 Å². The number of carbonyl (C=O) groups excluding carboxylic acids is 2. The normalized spacial score (nSPS) is 33.8. The van der Waals surface area contributed by atoms with Crippen molar-refractivity contribution in [3.05, 3.63) is 29.8 Å². The molecular formula is C19H24N2O3. The van der Waals surface area contributed by atoms with Crippen molar-refractivity contribution >= 4 is 11.8 Å². The second-order valence-corrected chi connectivity index (χ2v) is 7.69. The van der Waals surface area contributed by atoms with Gasteiger partial charge in [-0.1, -0.05) is 12.1 Å². The van der Waals surface area contributed by atoms with Gasteiger partial charge in [0.1, 0.15) is 5.75 Å². The van der Waals surface area contributed by atoms with Crippen molar-refractivity contribution in [1.29, 1.82) is 0 Å². The minimum atomic E-state index is -0.636. The highest BCUT2D eigenvalue weighted by molar-refractivity contribution is 5.98. The molecule has 1 spiro atoms. The molecule has 2 bridgehead atoms. The summed E-state index contributed by atoms with van der Waals surface area (Å²) in [6, 6.07) is 7.55. The summed E-state index contributed by atoms with van der Waals surface area (Å²) >= 11 is 0. The summed E-state index contributed by atoms with van der Waals surface area (Å²) in [7, 11) is 0. The van der Waals surface area contributed by atoms with E-state index >= 15 is 0 Å². The molecule has 0 saturated heterocycles. The second-order valence-electron chi connectivity index (χ2n) is 7.69. The lowest BCUT2D eigenvalue weighted by atomic mass is 9.60. The van der Waals surface area contributed by atoms with E-state index in [0.717, 1.165) is 19.3 Å². The van der Waals surface area contributed by atoms with Gasteiger partial charge in [-0.05, 0) is 51.2 Å². The number of rotatable bonds is 2. The largest absolute Gasteiger partial charge is 0.467 e. The maximum Gasteiger partial charge on any atom is 0.258 e. The van der Waals surface area contributed by atoms with Crippen molar-refractivity contribution in [2.24, 2.45) is 17.8 Å². The van der Waals surface area contributed by atoms with Crippen LogP contribution in [-0.2, 0) is 4.79 Å². The van der Waals surface area contributed by atoms with E-state index < -0.39 is 5.72 Å². The van der Waals surface area contributed by atoms with E-state index in [4.69, 9.17) is 4.74 Å². The van der Waals surface area contributed by atoms with Gasteiger partial charge < -0.3 is 15.4 Å². The van der Waals surface area contributed by atoms with Crippen molar-refractivity contribution in [2.75, 3.05) is 0 Å². The molecular weight excluding hydrogens is 304 g/mol. The quantitative estimate of drug-likeness (QED) is 0.876. The Morgan fingerprint density at radius 2 is 2.12 bits per heavy atom. The molecule has 24 heavy (non-hydrogen) atoms. The van der Waals surface area contributed by atoms with Gasteiger partial charge in [-0.15, -0.1) is 0 Å². The fraction of sp³-hybridized carbons (Fsp3) is 0.579. The van der Waals surface area contributed by atoms with E-state index in [9.17, 15) is 9.59 Å². The minimum Gasteiger partial charge on any atom is -0.467 e. The molecule has 3 saturated carbocycles. The van der Waals surface area contributed by atoms with E-state index in [-0.39, 0.29) is 35.6 Å². The first-order valence-corrected chi connectivity index (χ1v) is 8.89. The summed E-state index contributed by atoms with van der Waals surface area (Å²) in [6.07, 6.45) is 3.53. The maximum absolute atomic E-state index is 12.5. The third-order valence-corrected chi connectivity index (χ3v) is 5.73. The highest BCUT2D eigenvalue weighted by Crippen LogP contribution is 2.52. The van der Waals surface area contributed by atoms with Crippen LogP contribution in [0.4, 0.5) is 0 Å². The lowest BCUT2D eigenvalue weighted by Crippen LogP contribution is -2.67. The number of para-hydroxylation sites is 1. The number of hydrogen-bond acceptors (Lipinski definition) is 3. The zero-order chi connectivity index (χ0) is 16.9. The van der Waals surface area contributed by atoms with Crippen molar-refractivity contribution in [3.8, 4) is 5.75 Å². The maximum atomic E-state index is 12.5. The monoisotopic (exact) mass is 328 g/mol. The second kappa shape index (κ2) is 5.50. The Morgan fingerprint density at radius 3 is 2.83 bits per heavy atom. The van der Waals surface area contributed by atoms with Gasteiger partial charge in [-0.3, -0.25) is 9.59 Å². The smallest absolute Gasteiger partial charge is 0.258 e. The number of fused-ring (bicyclic) bond motifs is 3. The molecule has 0 unspecified atom stereocenters. The Bertz CT molecular complexity index is 687. The molecule has 1 aromatic rings. The van der Waals surface area contributed by atoms with Crippen LogP contribution in [0.1, 0.15) is 49.9 Å². The average Bonchev–Trinajstić information content (AvgIpc) is 2.54. The third-order valence-electron chi connectivity index (χ3n) is 5.73. The Kier molecular flexibility index (Phi) is 3.55. The molecule has 5 nitrogen and oxygen atoms in total. The Labute approximate surface area is 142 Å². The topological polar surface area (TPSA) is 67.4 Å². The fourth-order valence-corrected chi connectivity index (χ4v) is 4.67. The average molecular weight is 328 g/mol. The first-order chi connectivity index (χ1) is 11.5. The van der Waals surface area contributed by atoms with Gasteiger partial charge in [0.2, 0.25) is 5.91 Å². The number of carbonyl (C=O) groups is 2. The molecule has 1 aliphatic heterocycles.